The van der Waals surface area contributed by atoms with E-state index >= 15 is 0 Å². The lowest BCUT2D eigenvalue weighted by Crippen LogP contribution is -2.40. The van der Waals surface area contributed by atoms with Crippen molar-refractivity contribution in [3.63, 3.8) is 0 Å². The number of hydrogen-bond acceptors (Lipinski definition) is 0. The third-order valence-corrected chi connectivity index (χ3v) is 4.67. The van der Waals surface area contributed by atoms with Gasteiger partial charge in [0.15, 0.2) is 0 Å². The third-order valence-electron chi connectivity index (χ3n) is 3.56. The van der Waals surface area contributed by atoms with Gasteiger partial charge in [-0.25, -0.2) is 0 Å². The maximum absolute atomic E-state index is 13.2. The van der Waals surface area contributed by atoms with Gasteiger partial charge in [0.1, 0.15) is 4.83 Å². The summed E-state index contributed by atoms with van der Waals surface area (Å²) < 4.78 is 63.4. The number of halogens is 6. The van der Waals surface area contributed by atoms with Crippen molar-refractivity contribution in [2.45, 2.75) is 49.5 Å². The Hall–Kier alpha value is -0.650. The normalized spacial score (nSPS) is 15.2. The molecule has 1 aromatic rings. The van der Waals surface area contributed by atoms with Gasteiger partial charge in [-0.3, -0.25) is 0 Å². The van der Waals surface area contributed by atoms with Gasteiger partial charge < -0.3 is 0 Å². The van der Waals surface area contributed by atoms with Gasteiger partial charge in [0.25, 0.3) is 0 Å². The predicted molar refractivity (Wildman–Crippen MR) is 72.4 cm³/mol. The highest BCUT2D eigenvalue weighted by molar-refractivity contribution is 9.09. The van der Waals surface area contributed by atoms with Gasteiger partial charge in [-0.1, -0.05) is 61.0 Å². The van der Waals surface area contributed by atoms with Crippen molar-refractivity contribution in [3.05, 3.63) is 35.4 Å². The van der Waals surface area contributed by atoms with Crippen LogP contribution in [0.4, 0.5) is 22.0 Å². The Balaban J connectivity index is 3.06. The molecule has 1 aromatic carbocycles. The average Bonchev–Trinajstić information content (AvgIpc) is 2.36. The monoisotopic (exact) mass is 358 g/mol. The molecule has 0 aliphatic carbocycles. The van der Waals surface area contributed by atoms with E-state index in [1.807, 2.05) is 20.8 Å². The first-order chi connectivity index (χ1) is 8.93. The Labute approximate surface area is 123 Å². The van der Waals surface area contributed by atoms with Crippen LogP contribution in [0.1, 0.15) is 43.1 Å². The smallest absolute Gasteiger partial charge is 0.195 e. The summed E-state index contributed by atoms with van der Waals surface area (Å²) in [7, 11) is 0. The first-order valence-electron chi connectivity index (χ1n) is 6.12. The second-order valence-corrected chi connectivity index (χ2v) is 6.26. The van der Waals surface area contributed by atoms with E-state index in [1.54, 1.807) is 12.1 Å². The molecule has 0 aromatic heterocycles. The van der Waals surface area contributed by atoms with E-state index in [1.165, 1.54) is 12.1 Å². The van der Waals surface area contributed by atoms with Gasteiger partial charge in [-0.15, -0.1) is 0 Å². The van der Waals surface area contributed by atoms with Crippen LogP contribution < -0.4 is 0 Å². The Bertz CT molecular complexity index is 448. The van der Waals surface area contributed by atoms with Crippen LogP contribution in [0.2, 0.25) is 0 Å². The standard InChI is InChI=1S/C14H16BrF5/c1-4-12(2,3)10-7-5-9(6-8-10)11(15)13(16,17)14(18,19)20/h5-8,11H,4H2,1-3H3. The quantitative estimate of drug-likeness (QED) is 0.456. The fourth-order valence-corrected chi connectivity index (χ4v) is 2.23. The lowest BCUT2D eigenvalue weighted by molar-refractivity contribution is -0.281. The van der Waals surface area contributed by atoms with Crippen LogP contribution in [-0.4, -0.2) is 12.1 Å². The highest BCUT2D eigenvalue weighted by Crippen LogP contribution is 2.48. The molecule has 1 rings (SSSR count). The molecule has 114 valence electrons. The summed E-state index contributed by atoms with van der Waals surface area (Å²) in [6, 6.07) is 5.82. The molecule has 0 N–H and O–H groups in total. The van der Waals surface area contributed by atoms with E-state index in [4.69, 9.17) is 0 Å². The van der Waals surface area contributed by atoms with Crippen molar-refractivity contribution < 1.29 is 22.0 Å². The maximum atomic E-state index is 13.2. The van der Waals surface area contributed by atoms with E-state index in [9.17, 15) is 22.0 Å². The summed E-state index contributed by atoms with van der Waals surface area (Å²) in [6.07, 6.45) is -4.74. The van der Waals surface area contributed by atoms with Crippen molar-refractivity contribution in [1.29, 1.82) is 0 Å². The molecule has 0 spiro atoms. The maximum Gasteiger partial charge on any atom is 0.454 e. The summed E-state index contributed by atoms with van der Waals surface area (Å²) >= 11 is 2.47. The second kappa shape index (κ2) is 5.62. The van der Waals surface area contributed by atoms with Crippen LogP contribution in [0.3, 0.4) is 0 Å². The molecular weight excluding hydrogens is 343 g/mol. The summed E-state index contributed by atoms with van der Waals surface area (Å²) in [5.74, 6) is -4.81. The SMILES string of the molecule is CCC(C)(C)c1ccc(C(Br)C(F)(F)C(F)(F)F)cc1. The summed E-state index contributed by atoms with van der Waals surface area (Å²) in [6.45, 7) is 5.95. The second-order valence-electron chi connectivity index (χ2n) is 5.34. The minimum atomic E-state index is -5.58. The predicted octanol–water partition coefficient (Wildman–Crippen LogP) is 6.01. The minimum absolute atomic E-state index is 0.0945. The molecule has 1 atom stereocenters. The van der Waals surface area contributed by atoms with Gasteiger partial charge in [-0.05, 0) is 23.0 Å². The fourth-order valence-electron chi connectivity index (χ4n) is 1.66. The van der Waals surface area contributed by atoms with Crippen LogP contribution >= 0.6 is 15.9 Å². The number of hydrogen-bond donors (Lipinski definition) is 0. The summed E-state index contributed by atoms with van der Waals surface area (Å²) in [5, 5.41) is 0. The lowest BCUT2D eigenvalue weighted by Gasteiger charge is -2.26. The van der Waals surface area contributed by atoms with Crippen LogP contribution in [0.15, 0.2) is 24.3 Å². The molecule has 0 saturated carbocycles. The molecule has 0 radical (unpaired) electrons. The summed E-state index contributed by atoms with van der Waals surface area (Å²) in [4.78, 5) is -2.09. The van der Waals surface area contributed by atoms with Crippen molar-refractivity contribution in [2.75, 3.05) is 0 Å². The Kier molecular flexibility index (Phi) is 4.89. The Morgan fingerprint density at radius 3 is 1.80 bits per heavy atom. The first-order valence-corrected chi connectivity index (χ1v) is 7.04. The zero-order chi connectivity index (χ0) is 15.8. The molecule has 6 heteroatoms. The zero-order valence-electron chi connectivity index (χ0n) is 11.4. The van der Waals surface area contributed by atoms with E-state index in [0.29, 0.717) is 0 Å². The molecule has 0 aliphatic rings. The zero-order valence-corrected chi connectivity index (χ0v) is 12.9. The highest BCUT2D eigenvalue weighted by Gasteiger charge is 2.62. The molecule has 20 heavy (non-hydrogen) atoms. The molecule has 0 heterocycles. The highest BCUT2D eigenvalue weighted by atomic mass is 79.9. The lowest BCUT2D eigenvalue weighted by atomic mass is 9.82. The van der Waals surface area contributed by atoms with E-state index in [-0.39, 0.29) is 11.0 Å². The third kappa shape index (κ3) is 3.32. The van der Waals surface area contributed by atoms with Gasteiger partial charge in [0.2, 0.25) is 0 Å². The van der Waals surface area contributed by atoms with Gasteiger partial charge in [-0.2, -0.15) is 22.0 Å². The molecule has 0 amide bonds. The Morgan fingerprint density at radius 1 is 1.00 bits per heavy atom. The largest absolute Gasteiger partial charge is 0.454 e. The number of benzene rings is 1. The summed E-state index contributed by atoms with van der Waals surface area (Å²) in [5.41, 5.74) is 0.661. The van der Waals surface area contributed by atoms with E-state index in [0.717, 1.165) is 12.0 Å². The first kappa shape index (κ1) is 17.4. The van der Waals surface area contributed by atoms with Gasteiger partial charge >= 0.3 is 12.1 Å². The molecule has 0 aliphatic heterocycles. The molecule has 0 nitrogen and oxygen atoms in total. The topological polar surface area (TPSA) is 0 Å². The molecule has 1 unspecified atom stereocenters. The van der Waals surface area contributed by atoms with Crippen molar-refractivity contribution in [1.82, 2.24) is 0 Å². The van der Waals surface area contributed by atoms with Crippen LogP contribution in [-0.2, 0) is 5.41 Å². The average molecular weight is 359 g/mol. The van der Waals surface area contributed by atoms with Gasteiger partial charge in [0.05, 0.1) is 0 Å². The molecule has 0 bridgehead atoms. The Morgan fingerprint density at radius 2 is 1.45 bits per heavy atom. The fraction of sp³-hybridized carbons (Fsp3) is 0.571. The number of rotatable bonds is 4. The van der Waals surface area contributed by atoms with Crippen molar-refractivity contribution in [3.8, 4) is 0 Å². The van der Waals surface area contributed by atoms with Crippen LogP contribution in [0.5, 0.6) is 0 Å². The molecule has 0 fully saturated rings. The van der Waals surface area contributed by atoms with Crippen LogP contribution in [0.25, 0.3) is 0 Å². The van der Waals surface area contributed by atoms with Crippen molar-refractivity contribution >= 4 is 15.9 Å². The van der Waals surface area contributed by atoms with Crippen LogP contribution in [0, 0.1) is 0 Å². The van der Waals surface area contributed by atoms with E-state index in [2.05, 4.69) is 15.9 Å². The minimum Gasteiger partial charge on any atom is -0.195 e. The number of alkyl halides is 6. The molecular formula is C14H16BrF5. The molecule has 0 saturated heterocycles. The van der Waals surface area contributed by atoms with E-state index < -0.39 is 16.9 Å². The van der Waals surface area contributed by atoms with Gasteiger partial charge in [0, 0.05) is 0 Å². The van der Waals surface area contributed by atoms with Crippen molar-refractivity contribution in [2.24, 2.45) is 0 Å².